The number of carboxylic acid groups (broad SMARTS) is 1. The lowest BCUT2D eigenvalue weighted by Crippen LogP contribution is -2.46. The van der Waals surface area contributed by atoms with Crippen LogP contribution in [-0.2, 0) is 34.2 Å². The number of likely N-dealkylation sites (tertiary alicyclic amines) is 1. The van der Waals surface area contributed by atoms with Gasteiger partial charge < -0.3 is 26.0 Å². The molecular formula is C39H59Cl2N5O8S2. The van der Waals surface area contributed by atoms with Crippen molar-refractivity contribution in [2.75, 3.05) is 51.8 Å². The van der Waals surface area contributed by atoms with E-state index in [1.165, 1.54) is 56.8 Å². The highest BCUT2D eigenvalue weighted by molar-refractivity contribution is 7.91. The summed E-state index contributed by atoms with van der Waals surface area (Å²) in [5.74, 6) is -2.27. The monoisotopic (exact) mass is 859 g/mol. The number of nitrogens with one attached hydrogen (secondary N) is 3. The van der Waals surface area contributed by atoms with Gasteiger partial charge in [-0.2, -0.15) is 4.31 Å². The first-order chi connectivity index (χ1) is 26.1. The molecule has 0 bridgehead atoms. The van der Waals surface area contributed by atoms with Gasteiger partial charge in [-0.05, 0) is 88.9 Å². The zero-order valence-electron chi connectivity index (χ0n) is 33.9. The van der Waals surface area contributed by atoms with Crippen LogP contribution in [0.3, 0.4) is 0 Å². The molecule has 2 heterocycles. The van der Waals surface area contributed by atoms with Gasteiger partial charge in [-0.3, -0.25) is 14.4 Å². The number of carbonyl (C=O) groups excluding carboxylic acids is 2. The van der Waals surface area contributed by atoms with Crippen molar-refractivity contribution in [3.63, 3.8) is 0 Å². The molecule has 314 valence electrons. The summed E-state index contributed by atoms with van der Waals surface area (Å²) in [6, 6.07) is 11.4. The largest absolute Gasteiger partial charge is 0.480 e. The Labute approximate surface area is 343 Å². The average molecular weight is 861 g/mol. The summed E-state index contributed by atoms with van der Waals surface area (Å²) in [4.78, 5) is 36.9. The summed E-state index contributed by atoms with van der Waals surface area (Å²) in [5.41, 5.74) is 2.62. The lowest BCUT2D eigenvalue weighted by Gasteiger charge is -2.26. The Balaban J connectivity index is 0.000000445. The fourth-order valence-electron chi connectivity index (χ4n) is 5.90. The van der Waals surface area contributed by atoms with Crippen LogP contribution in [0.4, 0.5) is 5.69 Å². The molecule has 56 heavy (non-hydrogen) atoms. The van der Waals surface area contributed by atoms with E-state index in [1.54, 1.807) is 14.0 Å². The Bertz CT molecular complexity index is 1900. The second kappa shape index (κ2) is 23.7. The quantitative estimate of drug-likeness (QED) is 0.155. The Morgan fingerprint density at radius 3 is 2.12 bits per heavy atom. The molecule has 0 spiro atoms. The number of anilines is 1. The highest BCUT2D eigenvalue weighted by Crippen LogP contribution is 2.28. The number of sulfonamides is 1. The molecule has 2 aromatic carbocycles. The lowest BCUT2D eigenvalue weighted by molar-refractivity contribution is -0.138. The van der Waals surface area contributed by atoms with Gasteiger partial charge in [-0.15, -0.1) is 0 Å². The van der Waals surface area contributed by atoms with Gasteiger partial charge in [-0.1, -0.05) is 81.1 Å². The number of aryl methyl sites for hydroxylation is 1. The zero-order valence-corrected chi connectivity index (χ0v) is 37.1. The summed E-state index contributed by atoms with van der Waals surface area (Å²) >= 11 is 12.0. The van der Waals surface area contributed by atoms with E-state index in [0.717, 1.165) is 22.2 Å². The number of hydrogen-bond donors (Lipinski definition) is 4. The van der Waals surface area contributed by atoms with Crippen molar-refractivity contribution >= 4 is 66.5 Å². The Morgan fingerprint density at radius 2 is 1.57 bits per heavy atom. The highest BCUT2D eigenvalue weighted by atomic mass is 35.5. The fourth-order valence-corrected chi connectivity index (χ4v) is 8.92. The van der Waals surface area contributed by atoms with Crippen molar-refractivity contribution in [2.45, 2.75) is 89.5 Å². The minimum atomic E-state index is -4.09. The molecule has 2 aromatic rings. The predicted molar refractivity (Wildman–Crippen MR) is 225 cm³/mol. The minimum Gasteiger partial charge on any atom is -0.480 e. The van der Waals surface area contributed by atoms with Crippen LogP contribution in [0.2, 0.25) is 0 Å². The van der Waals surface area contributed by atoms with Gasteiger partial charge in [-0.25, -0.2) is 16.8 Å². The van der Waals surface area contributed by atoms with E-state index in [0.29, 0.717) is 22.6 Å². The number of benzene rings is 2. The summed E-state index contributed by atoms with van der Waals surface area (Å²) in [6.45, 7) is 14.4. The first-order valence-corrected chi connectivity index (χ1v) is 22.5. The van der Waals surface area contributed by atoms with E-state index in [-0.39, 0.29) is 39.3 Å². The molecule has 0 aliphatic carbocycles. The Morgan fingerprint density at radius 1 is 0.964 bits per heavy atom. The van der Waals surface area contributed by atoms with Gasteiger partial charge >= 0.3 is 5.97 Å². The number of nitrogens with zero attached hydrogens (tertiary/aromatic N) is 2. The standard InChI is InChI=1S/C14H16Cl2N2O.C14H18N2O7S2.C9H19N.C2H6/c1-9-4-6-11(7-5-9)18-14(19)13(10(2)15)12(16)8-17-3;1-24(20,21)10-4-2-5-11(8-10)25(22,23)16-7-3-6-12(16)14(19)15-9-13(17)18;1-9(2)6-4-5-7-10(3)8-9;1-2/h4-8,17H,1-3H3,(H,18,19);2,4-5,8,12H,3,6-7,9H2,1H3,(H,15,19)(H,17,18);4-8H2,1-3H3;1-2H3/b12-8+,13-10-;;;. The topological polar surface area (TPSA) is 182 Å². The summed E-state index contributed by atoms with van der Waals surface area (Å²) < 4.78 is 49.8. The van der Waals surface area contributed by atoms with Crippen molar-refractivity contribution < 1.29 is 36.3 Å². The number of sulfone groups is 1. The molecule has 0 saturated carbocycles. The van der Waals surface area contributed by atoms with Gasteiger partial charge in [0.05, 0.1) is 20.4 Å². The average Bonchev–Trinajstić information content (AvgIpc) is 3.56. The third-order valence-corrected chi connectivity index (χ3v) is 12.0. The van der Waals surface area contributed by atoms with Crippen LogP contribution in [0, 0.1) is 12.3 Å². The molecule has 4 N–H and O–H groups in total. The van der Waals surface area contributed by atoms with Gasteiger partial charge in [0, 0.05) is 43.3 Å². The van der Waals surface area contributed by atoms with Crippen LogP contribution < -0.4 is 16.0 Å². The van der Waals surface area contributed by atoms with Crippen molar-refractivity contribution in [1.29, 1.82) is 0 Å². The van der Waals surface area contributed by atoms with E-state index in [1.807, 2.05) is 45.0 Å². The molecule has 4 rings (SSSR count). The Hall–Kier alpha value is -3.47. The molecular weight excluding hydrogens is 801 g/mol. The summed E-state index contributed by atoms with van der Waals surface area (Å²) in [7, 11) is -3.75. The van der Waals surface area contributed by atoms with Gasteiger partial charge in [0.1, 0.15) is 12.6 Å². The van der Waals surface area contributed by atoms with Crippen LogP contribution in [0.25, 0.3) is 0 Å². The van der Waals surface area contributed by atoms with Crippen LogP contribution in [0.5, 0.6) is 0 Å². The third-order valence-electron chi connectivity index (χ3n) is 8.49. The van der Waals surface area contributed by atoms with Gasteiger partial charge in [0.15, 0.2) is 9.84 Å². The van der Waals surface area contributed by atoms with Crippen molar-refractivity contribution in [1.82, 2.24) is 19.8 Å². The van der Waals surface area contributed by atoms with Gasteiger partial charge in [0.2, 0.25) is 15.9 Å². The molecule has 13 nitrogen and oxygen atoms in total. The van der Waals surface area contributed by atoms with E-state index in [2.05, 4.69) is 41.7 Å². The maximum Gasteiger partial charge on any atom is 0.322 e. The fraction of sp³-hybridized carbons (Fsp3) is 0.513. The molecule has 1 atom stereocenters. The molecule has 2 aliphatic heterocycles. The zero-order chi connectivity index (χ0) is 42.9. The molecule has 2 saturated heterocycles. The third kappa shape index (κ3) is 16.9. The first-order valence-electron chi connectivity index (χ1n) is 18.4. The van der Waals surface area contributed by atoms with Crippen molar-refractivity contribution in [3.05, 3.63) is 75.9 Å². The number of amides is 2. The van der Waals surface area contributed by atoms with Crippen LogP contribution in [0.15, 0.2) is 80.2 Å². The number of halogens is 2. The van der Waals surface area contributed by atoms with E-state index >= 15 is 0 Å². The number of allylic oxidation sites excluding steroid dienone is 1. The van der Waals surface area contributed by atoms with E-state index in [4.69, 9.17) is 28.3 Å². The molecule has 0 radical (unpaired) electrons. The summed E-state index contributed by atoms with van der Waals surface area (Å²) in [6.07, 6.45) is 7.38. The smallest absolute Gasteiger partial charge is 0.322 e. The van der Waals surface area contributed by atoms with Crippen LogP contribution in [-0.4, -0.2) is 102 Å². The molecule has 2 amide bonds. The van der Waals surface area contributed by atoms with Crippen molar-refractivity contribution in [3.8, 4) is 0 Å². The van der Waals surface area contributed by atoms with Gasteiger partial charge in [0.25, 0.3) is 5.91 Å². The maximum atomic E-state index is 12.8. The van der Waals surface area contributed by atoms with Crippen LogP contribution >= 0.6 is 23.2 Å². The predicted octanol–water partition coefficient (Wildman–Crippen LogP) is 6.34. The maximum absolute atomic E-state index is 12.8. The lowest BCUT2D eigenvalue weighted by atomic mass is 9.88. The number of carboxylic acids is 1. The summed E-state index contributed by atoms with van der Waals surface area (Å²) in [5, 5.41) is 16.9. The number of aliphatic carboxylic acids is 1. The van der Waals surface area contributed by atoms with E-state index in [9.17, 15) is 31.2 Å². The molecule has 0 aromatic heterocycles. The molecule has 2 fully saturated rings. The SMILES string of the molecule is CC.CN/C=C(Cl)\C(C(=O)Nc1ccc(C)cc1)=C(/C)Cl.CN1CCCCC(C)(C)C1.CS(=O)(=O)c1cccc(S(=O)(=O)N2CCCC2C(=O)NCC(=O)O)c1. The number of rotatable bonds is 10. The minimum absolute atomic E-state index is 0.0938. The number of carbonyl (C=O) groups is 3. The molecule has 1 unspecified atom stereocenters. The van der Waals surface area contributed by atoms with Crippen LogP contribution in [0.1, 0.15) is 72.3 Å². The normalized spacial score (nSPS) is 17.8. The Kier molecular flexibility index (Phi) is 21.4. The molecule has 2 aliphatic rings. The van der Waals surface area contributed by atoms with Crippen molar-refractivity contribution in [2.24, 2.45) is 5.41 Å². The second-order valence-electron chi connectivity index (χ2n) is 14.0. The second-order valence-corrected chi connectivity index (χ2v) is 18.9. The first kappa shape index (κ1) is 50.5. The number of hydrogen-bond acceptors (Lipinski definition) is 9. The highest BCUT2D eigenvalue weighted by Gasteiger charge is 2.39. The van der Waals surface area contributed by atoms with E-state index < -0.39 is 44.3 Å². The molecule has 17 heteroatoms.